The Labute approximate surface area is 247 Å². The van der Waals surface area contributed by atoms with Gasteiger partial charge >= 0.3 is 0 Å². The zero-order chi connectivity index (χ0) is 30.2. The first-order valence-corrected chi connectivity index (χ1v) is 15.0. The fourth-order valence-corrected chi connectivity index (χ4v) is 5.75. The van der Waals surface area contributed by atoms with Gasteiger partial charge in [0.1, 0.15) is 24.1 Å². The molecular formula is C30H36ClN3O6S. The number of benzene rings is 3. The number of halogens is 1. The molecule has 3 aromatic rings. The summed E-state index contributed by atoms with van der Waals surface area (Å²) in [6.45, 7) is 4.91. The normalized spacial score (nSPS) is 12.6. The number of hydrogen-bond acceptors (Lipinski definition) is 6. The molecule has 0 aliphatic rings. The van der Waals surface area contributed by atoms with Crippen LogP contribution >= 0.6 is 11.6 Å². The zero-order valence-corrected chi connectivity index (χ0v) is 25.4. The van der Waals surface area contributed by atoms with Gasteiger partial charge < -0.3 is 19.7 Å². The number of carbonyl (C=O) groups is 2. The molecule has 0 fully saturated rings. The number of anilines is 1. The second kappa shape index (κ2) is 14.2. The van der Waals surface area contributed by atoms with Crippen LogP contribution in [0.15, 0.2) is 77.7 Å². The summed E-state index contributed by atoms with van der Waals surface area (Å²) in [5.41, 5.74) is 0.886. The van der Waals surface area contributed by atoms with E-state index in [2.05, 4.69) is 5.32 Å². The Kier molecular flexibility index (Phi) is 11.0. The van der Waals surface area contributed by atoms with Crippen LogP contribution in [0.25, 0.3) is 0 Å². The summed E-state index contributed by atoms with van der Waals surface area (Å²) < 4.78 is 39.3. The molecular weight excluding hydrogens is 566 g/mol. The van der Waals surface area contributed by atoms with Crippen molar-refractivity contribution < 1.29 is 27.5 Å². The van der Waals surface area contributed by atoms with Crippen LogP contribution in [0, 0.1) is 0 Å². The summed E-state index contributed by atoms with van der Waals surface area (Å²) in [6.07, 6.45) is 0.712. The Morgan fingerprint density at radius 3 is 2.27 bits per heavy atom. The monoisotopic (exact) mass is 601 g/mol. The lowest BCUT2D eigenvalue weighted by molar-refractivity contribution is -0.139. The topological polar surface area (TPSA) is 105 Å². The van der Waals surface area contributed by atoms with Crippen LogP contribution in [-0.4, -0.2) is 58.0 Å². The van der Waals surface area contributed by atoms with Crippen molar-refractivity contribution in [2.24, 2.45) is 0 Å². The minimum Gasteiger partial charge on any atom is -0.497 e. The van der Waals surface area contributed by atoms with E-state index in [1.165, 1.54) is 49.5 Å². The maximum Gasteiger partial charge on any atom is 0.264 e. The Bertz CT molecular complexity index is 1450. The number of methoxy groups -OCH3 is 2. The summed E-state index contributed by atoms with van der Waals surface area (Å²) in [7, 11) is -1.22. The van der Waals surface area contributed by atoms with Crippen molar-refractivity contribution >= 4 is 39.1 Å². The summed E-state index contributed by atoms with van der Waals surface area (Å²) in [4.78, 5) is 28.6. The molecule has 2 amide bonds. The van der Waals surface area contributed by atoms with Crippen molar-refractivity contribution in [3.8, 4) is 11.5 Å². The molecule has 0 saturated carbocycles. The Balaban J connectivity index is 2.06. The van der Waals surface area contributed by atoms with Gasteiger partial charge in [-0.1, -0.05) is 48.9 Å². The summed E-state index contributed by atoms with van der Waals surface area (Å²) in [5, 5.41) is 3.09. The van der Waals surface area contributed by atoms with Gasteiger partial charge in [0.15, 0.2) is 0 Å². The molecule has 0 bridgehead atoms. The van der Waals surface area contributed by atoms with Crippen molar-refractivity contribution in [3.63, 3.8) is 0 Å². The first kappa shape index (κ1) is 31.8. The van der Waals surface area contributed by atoms with Gasteiger partial charge in [0.25, 0.3) is 10.0 Å². The maximum atomic E-state index is 14.0. The van der Waals surface area contributed by atoms with E-state index < -0.39 is 28.5 Å². The molecule has 0 spiro atoms. The molecule has 11 heteroatoms. The molecule has 220 valence electrons. The molecule has 0 aromatic heterocycles. The largest absolute Gasteiger partial charge is 0.497 e. The second-order valence-electron chi connectivity index (χ2n) is 9.51. The summed E-state index contributed by atoms with van der Waals surface area (Å²) in [6, 6.07) is 18.4. The number of rotatable bonds is 13. The Hall–Kier alpha value is -3.76. The fraction of sp³-hybridized carbons (Fsp3) is 0.333. The average Bonchev–Trinajstić information content (AvgIpc) is 2.98. The number of nitrogens with zero attached hydrogens (tertiary/aromatic N) is 2. The molecule has 0 saturated heterocycles. The van der Waals surface area contributed by atoms with Crippen LogP contribution in [0.1, 0.15) is 32.8 Å². The van der Waals surface area contributed by atoms with Crippen molar-refractivity contribution in [2.75, 3.05) is 25.1 Å². The molecule has 0 unspecified atom stereocenters. The number of amides is 2. The van der Waals surface area contributed by atoms with E-state index in [9.17, 15) is 18.0 Å². The Morgan fingerprint density at radius 1 is 0.951 bits per heavy atom. The predicted molar refractivity (Wildman–Crippen MR) is 160 cm³/mol. The molecule has 0 aliphatic heterocycles. The number of ether oxygens (including phenoxy) is 2. The third kappa shape index (κ3) is 7.92. The quantitative estimate of drug-likeness (QED) is 0.299. The highest BCUT2D eigenvalue weighted by Crippen LogP contribution is 2.32. The molecule has 3 aromatic carbocycles. The van der Waals surface area contributed by atoms with Crippen LogP contribution in [0.5, 0.6) is 11.5 Å². The van der Waals surface area contributed by atoms with Gasteiger partial charge in [0.05, 0.1) is 29.8 Å². The van der Waals surface area contributed by atoms with E-state index in [0.29, 0.717) is 23.5 Å². The minimum absolute atomic E-state index is 0.00153. The van der Waals surface area contributed by atoms with E-state index in [0.717, 1.165) is 4.31 Å². The van der Waals surface area contributed by atoms with Crippen molar-refractivity contribution in [1.29, 1.82) is 0 Å². The van der Waals surface area contributed by atoms with Gasteiger partial charge in [-0.3, -0.25) is 13.9 Å². The van der Waals surface area contributed by atoms with Crippen LogP contribution in [0.4, 0.5) is 5.69 Å². The number of sulfonamides is 1. The third-order valence-electron chi connectivity index (χ3n) is 6.69. The first-order chi connectivity index (χ1) is 19.5. The van der Waals surface area contributed by atoms with Crippen molar-refractivity contribution in [1.82, 2.24) is 10.2 Å². The van der Waals surface area contributed by atoms with E-state index in [1.54, 1.807) is 43.3 Å². The third-order valence-corrected chi connectivity index (χ3v) is 8.77. The molecule has 3 rings (SSSR count). The van der Waals surface area contributed by atoms with E-state index in [1.807, 2.05) is 19.9 Å². The molecule has 1 N–H and O–H groups in total. The molecule has 41 heavy (non-hydrogen) atoms. The molecule has 0 aliphatic carbocycles. The van der Waals surface area contributed by atoms with E-state index >= 15 is 0 Å². The average molecular weight is 602 g/mol. The van der Waals surface area contributed by atoms with E-state index in [-0.39, 0.29) is 34.1 Å². The number of nitrogens with one attached hydrogen (secondary N) is 1. The minimum atomic E-state index is -4.21. The van der Waals surface area contributed by atoms with E-state index in [4.69, 9.17) is 21.1 Å². The molecule has 0 heterocycles. The highest BCUT2D eigenvalue weighted by atomic mass is 35.5. The van der Waals surface area contributed by atoms with Crippen molar-refractivity contribution in [3.05, 3.63) is 83.4 Å². The van der Waals surface area contributed by atoms with Gasteiger partial charge in [-0.05, 0) is 68.3 Å². The van der Waals surface area contributed by atoms with Gasteiger partial charge in [-0.25, -0.2) is 8.42 Å². The van der Waals surface area contributed by atoms with Crippen LogP contribution in [0.2, 0.25) is 5.02 Å². The van der Waals surface area contributed by atoms with Gasteiger partial charge in [-0.15, -0.1) is 0 Å². The Morgan fingerprint density at radius 2 is 1.66 bits per heavy atom. The second-order valence-corrected chi connectivity index (χ2v) is 11.8. The van der Waals surface area contributed by atoms with Crippen LogP contribution < -0.4 is 19.1 Å². The smallest absolute Gasteiger partial charge is 0.264 e. The van der Waals surface area contributed by atoms with Gasteiger partial charge in [0.2, 0.25) is 11.8 Å². The molecule has 0 radical (unpaired) electrons. The zero-order valence-electron chi connectivity index (χ0n) is 23.8. The summed E-state index contributed by atoms with van der Waals surface area (Å²) in [5.74, 6) is 0.0215. The number of hydrogen-bond donors (Lipinski definition) is 1. The lowest BCUT2D eigenvalue weighted by Crippen LogP contribution is -2.52. The maximum absolute atomic E-state index is 14.0. The lowest BCUT2D eigenvalue weighted by atomic mass is 10.1. The summed E-state index contributed by atoms with van der Waals surface area (Å²) >= 11 is 6.35. The highest BCUT2D eigenvalue weighted by molar-refractivity contribution is 7.92. The van der Waals surface area contributed by atoms with Gasteiger partial charge in [0, 0.05) is 12.6 Å². The first-order valence-electron chi connectivity index (χ1n) is 13.2. The fourth-order valence-electron chi connectivity index (χ4n) is 4.07. The molecule has 9 nitrogen and oxygen atoms in total. The highest BCUT2D eigenvalue weighted by Gasteiger charge is 2.33. The van der Waals surface area contributed by atoms with Gasteiger partial charge in [-0.2, -0.15) is 0 Å². The van der Waals surface area contributed by atoms with Crippen LogP contribution in [0.3, 0.4) is 0 Å². The standard InChI is InChI=1S/C30H36ClN3O6S/c1-6-21(2)32-30(36)22(3)33(19-23-11-10-12-25(17-23)39-4)29(35)20-34(24-15-16-28(40-5)27(31)18-24)41(37,38)26-13-8-7-9-14-26/h7-18,21-22H,6,19-20H2,1-5H3,(H,32,36)/t21-,22-/m1/s1. The van der Waals surface area contributed by atoms with Crippen LogP contribution in [-0.2, 0) is 26.2 Å². The lowest BCUT2D eigenvalue weighted by Gasteiger charge is -2.32. The molecule has 2 atom stereocenters. The van der Waals surface area contributed by atoms with Crippen molar-refractivity contribution in [2.45, 2.75) is 50.7 Å². The SMILES string of the molecule is CC[C@@H](C)NC(=O)[C@@H](C)N(Cc1cccc(OC)c1)C(=O)CN(c1ccc(OC)c(Cl)c1)S(=O)(=O)c1ccccc1. The predicted octanol–water partition coefficient (Wildman–Crippen LogP) is 4.88. The number of carbonyl (C=O) groups excluding carboxylic acids is 2.